The van der Waals surface area contributed by atoms with Crippen LogP contribution < -0.4 is 5.32 Å². The van der Waals surface area contributed by atoms with Gasteiger partial charge in [-0.1, -0.05) is 18.2 Å². The number of benzene rings is 1. The van der Waals surface area contributed by atoms with Gasteiger partial charge in [0, 0.05) is 9.58 Å². The molecule has 0 spiro atoms. The van der Waals surface area contributed by atoms with Crippen molar-refractivity contribution in [3.63, 3.8) is 0 Å². The smallest absolute Gasteiger partial charge is 0.321 e. The van der Waals surface area contributed by atoms with Crippen molar-refractivity contribution < 1.29 is 18.3 Å². The van der Waals surface area contributed by atoms with Crippen LogP contribution >= 0.6 is 11.3 Å². The van der Waals surface area contributed by atoms with E-state index in [1.165, 1.54) is 11.3 Å². The van der Waals surface area contributed by atoms with E-state index in [-0.39, 0.29) is 11.5 Å². The molecule has 1 aliphatic rings. The third-order valence-corrected chi connectivity index (χ3v) is 6.24. The molecule has 1 aromatic carbocycles. The first kappa shape index (κ1) is 13.5. The third kappa shape index (κ3) is 2.56. The van der Waals surface area contributed by atoms with Crippen LogP contribution in [0.1, 0.15) is 10.9 Å². The molecule has 1 aromatic heterocycles. The van der Waals surface area contributed by atoms with Crippen LogP contribution in [0.2, 0.25) is 0 Å². The van der Waals surface area contributed by atoms with E-state index in [2.05, 4.69) is 5.32 Å². The summed E-state index contributed by atoms with van der Waals surface area (Å²) >= 11 is 1.50. The van der Waals surface area contributed by atoms with Gasteiger partial charge in [-0.05, 0) is 17.5 Å². The first-order valence-electron chi connectivity index (χ1n) is 6.12. The van der Waals surface area contributed by atoms with Crippen molar-refractivity contribution in [2.75, 3.05) is 11.5 Å². The first-order chi connectivity index (χ1) is 9.44. The van der Waals surface area contributed by atoms with Gasteiger partial charge in [0.2, 0.25) is 0 Å². The number of carboxylic acids is 1. The first-order valence-corrected chi connectivity index (χ1v) is 8.76. The lowest BCUT2D eigenvalue weighted by molar-refractivity contribution is -0.139. The van der Waals surface area contributed by atoms with Gasteiger partial charge in [0.05, 0.1) is 17.5 Å². The highest BCUT2D eigenvalue weighted by Crippen LogP contribution is 2.32. The van der Waals surface area contributed by atoms with Gasteiger partial charge < -0.3 is 5.11 Å². The molecule has 0 bridgehead atoms. The summed E-state index contributed by atoms with van der Waals surface area (Å²) in [6.07, 6.45) is 0. The summed E-state index contributed by atoms with van der Waals surface area (Å²) in [5, 5.41) is 13.0. The summed E-state index contributed by atoms with van der Waals surface area (Å²) in [5.74, 6) is -1.52. The molecule has 7 heteroatoms. The fourth-order valence-corrected chi connectivity index (χ4v) is 5.29. The number of hydrogen-bond acceptors (Lipinski definition) is 5. The molecule has 2 atom stereocenters. The van der Waals surface area contributed by atoms with Gasteiger partial charge in [-0.3, -0.25) is 10.1 Å². The summed E-state index contributed by atoms with van der Waals surface area (Å²) in [7, 11) is -3.35. The van der Waals surface area contributed by atoms with Gasteiger partial charge in [-0.15, -0.1) is 11.3 Å². The zero-order valence-corrected chi connectivity index (χ0v) is 12.1. The Labute approximate surface area is 120 Å². The molecule has 2 heterocycles. The Morgan fingerprint density at radius 3 is 2.75 bits per heavy atom. The highest BCUT2D eigenvalue weighted by atomic mass is 32.2. The molecule has 2 unspecified atom stereocenters. The summed E-state index contributed by atoms with van der Waals surface area (Å²) in [4.78, 5) is 11.9. The molecule has 0 aliphatic carbocycles. The lowest BCUT2D eigenvalue weighted by atomic mass is 10.2. The number of sulfone groups is 1. The van der Waals surface area contributed by atoms with Crippen LogP contribution in [0, 0.1) is 0 Å². The summed E-state index contributed by atoms with van der Waals surface area (Å²) in [6, 6.07) is 8.21. The Morgan fingerprint density at radius 2 is 2.05 bits per heavy atom. The number of nitrogens with one attached hydrogen (secondary N) is 1. The summed E-state index contributed by atoms with van der Waals surface area (Å²) in [5.41, 5.74) is 0. The monoisotopic (exact) mass is 311 g/mol. The van der Waals surface area contributed by atoms with Crippen molar-refractivity contribution in [2.45, 2.75) is 12.1 Å². The molecule has 2 aromatic rings. The zero-order valence-electron chi connectivity index (χ0n) is 10.4. The molecule has 1 fully saturated rings. The molecule has 2 N–H and O–H groups in total. The lowest BCUT2D eigenvalue weighted by Crippen LogP contribution is -2.50. The fourth-order valence-electron chi connectivity index (χ4n) is 2.40. The fraction of sp³-hybridized carbons (Fsp3) is 0.308. The van der Waals surface area contributed by atoms with Crippen LogP contribution in [0.15, 0.2) is 30.3 Å². The Hall–Kier alpha value is -1.44. The molecule has 3 rings (SSSR count). The van der Waals surface area contributed by atoms with E-state index in [9.17, 15) is 13.2 Å². The SMILES string of the molecule is O=C(O)C1CS(=O)(=O)CC(c2cc3ccccc3s2)N1. The van der Waals surface area contributed by atoms with Gasteiger partial charge in [0.25, 0.3) is 0 Å². The summed E-state index contributed by atoms with van der Waals surface area (Å²) in [6.45, 7) is 0. The minimum absolute atomic E-state index is 0.0520. The van der Waals surface area contributed by atoms with E-state index in [1.54, 1.807) is 0 Å². The van der Waals surface area contributed by atoms with Crippen LogP contribution in [-0.4, -0.2) is 37.0 Å². The highest BCUT2D eigenvalue weighted by molar-refractivity contribution is 7.91. The quantitative estimate of drug-likeness (QED) is 0.876. The number of thiophene rings is 1. The predicted octanol–water partition coefficient (Wildman–Crippen LogP) is 1.41. The minimum Gasteiger partial charge on any atom is -0.480 e. The van der Waals surface area contributed by atoms with E-state index in [4.69, 9.17) is 5.11 Å². The molecule has 1 aliphatic heterocycles. The van der Waals surface area contributed by atoms with Crippen LogP contribution in [0.25, 0.3) is 10.1 Å². The normalized spacial score (nSPS) is 25.6. The van der Waals surface area contributed by atoms with Crippen LogP contribution in [0.5, 0.6) is 0 Å². The van der Waals surface area contributed by atoms with Crippen molar-refractivity contribution in [2.24, 2.45) is 0 Å². The number of carbonyl (C=O) groups is 1. The molecule has 106 valence electrons. The minimum atomic E-state index is -3.35. The summed E-state index contributed by atoms with van der Waals surface area (Å²) < 4.78 is 24.8. The largest absolute Gasteiger partial charge is 0.480 e. The maximum absolute atomic E-state index is 11.9. The molecule has 1 saturated heterocycles. The Balaban J connectivity index is 1.97. The van der Waals surface area contributed by atoms with Gasteiger partial charge in [-0.25, -0.2) is 8.42 Å². The average Bonchev–Trinajstić information content (AvgIpc) is 2.80. The van der Waals surface area contributed by atoms with Crippen LogP contribution in [0.4, 0.5) is 0 Å². The van der Waals surface area contributed by atoms with E-state index in [1.807, 2.05) is 30.3 Å². The molecular formula is C13H13NO4S2. The maximum atomic E-state index is 11.9. The second kappa shape index (κ2) is 4.83. The van der Waals surface area contributed by atoms with Crippen molar-refractivity contribution in [3.05, 3.63) is 35.2 Å². The molecule has 0 saturated carbocycles. The van der Waals surface area contributed by atoms with E-state index in [0.717, 1.165) is 15.0 Å². The zero-order chi connectivity index (χ0) is 14.3. The average molecular weight is 311 g/mol. The van der Waals surface area contributed by atoms with Crippen LogP contribution in [-0.2, 0) is 14.6 Å². The molecule has 20 heavy (non-hydrogen) atoms. The second-order valence-corrected chi connectivity index (χ2v) is 8.14. The maximum Gasteiger partial charge on any atom is 0.321 e. The third-order valence-electron chi connectivity index (χ3n) is 3.33. The Kier molecular flexibility index (Phi) is 3.27. The number of hydrogen-bond donors (Lipinski definition) is 2. The second-order valence-electron chi connectivity index (χ2n) is 4.87. The highest BCUT2D eigenvalue weighted by Gasteiger charge is 2.36. The van der Waals surface area contributed by atoms with Crippen molar-refractivity contribution in [1.82, 2.24) is 5.32 Å². The number of aliphatic carboxylic acids is 1. The molecule has 0 radical (unpaired) electrons. The number of carboxylic acid groups (broad SMARTS) is 1. The Bertz CT molecular complexity index is 733. The molecule has 5 nitrogen and oxygen atoms in total. The number of rotatable bonds is 2. The Morgan fingerprint density at radius 1 is 1.30 bits per heavy atom. The lowest BCUT2D eigenvalue weighted by Gasteiger charge is -2.27. The molecule has 0 amide bonds. The van der Waals surface area contributed by atoms with E-state index < -0.39 is 27.9 Å². The standard InChI is InChI=1S/C13H13NO4S2/c15-13(16)10-7-20(17,18)6-9(14-10)12-5-8-3-1-2-4-11(8)19-12/h1-5,9-10,14H,6-7H2,(H,15,16). The topological polar surface area (TPSA) is 83.5 Å². The predicted molar refractivity (Wildman–Crippen MR) is 77.8 cm³/mol. The van der Waals surface area contributed by atoms with Crippen molar-refractivity contribution in [1.29, 1.82) is 0 Å². The van der Waals surface area contributed by atoms with Gasteiger partial charge in [0.1, 0.15) is 6.04 Å². The van der Waals surface area contributed by atoms with Crippen LogP contribution in [0.3, 0.4) is 0 Å². The van der Waals surface area contributed by atoms with E-state index in [0.29, 0.717) is 0 Å². The van der Waals surface area contributed by atoms with Crippen molar-refractivity contribution in [3.8, 4) is 0 Å². The van der Waals surface area contributed by atoms with Gasteiger partial charge >= 0.3 is 5.97 Å². The van der Waals surface area contributed by atoms with Gasteiger partial charge in [-0.2, -0.15) is 0 Å². The number of fused-ring (bicyclic) bond motifs is 1. The van der Waals surface area contributed by atoms with Crippen molar-refractivity contribution >= 4 is 37.2 Å². The molecular weight excluding hydrogens is 298 g/mol. The van der Waals surface area contributed by atoms with Gasteiger partial charge in [0.15, 0.2) is 9.84 Å². The van der Waals surface area contributed by atoms with E-state index >= 15 is 0 Å².